The highest BCUT2D eigenvalue weighted by Crippen LogP contribution is 2.19. The second kappa shape index (κ2) is 5.21. The molecule has 0 fully saturated rings. The Hall–Kier alpha value is -2.56. The van der Waals surface area contributed by atoms with Gasteiger partial charge in [-0.15, -0.1) is 0 Å². The van der Waals surface area contributed by atoms with Gasteiger partial charge in [-0.25, -0.2) is 0 Å². The van der Waals surface area contributed by atoms with Crippen molar-refractivity contribution < 1.29 is 14.6 Å². The van der Waals surface area contributed by atoms with Gasteiger partial charge in [0.05, 0.1) is 7.11 Å². The van der Waals surface area contributed by atoms with E-state index in [1.165, 1.54) is 17.7 Å². The smallest absolute Gasteiger partial charge is 0.265 e. The molecule has 1 aromatic heterocycles. The van der Waals surface area contributed by atoms with Crippen LogP contribution in [0.5, 0.6) is 11.5 Å². The maximum absolute atomic E-state index is 12.3. The molecule has 20 heavy (non-hydrogen) atoms. The molecule has 5 nitrogen and oxygen atoms in total. The van der Waals surface area contributed by atoms with Crippen LogP contribution >= 0.6 is 0 Å². The first-order chi connectivity index (χ1) is 9.45. The minimum absolute atomic E-state index is 0.219. The summed E-state index contributed by atoms with van der Waals surface area (Å²) >= 11 is 0. The van der Waals surface area contributed by atoms with Crippen molar-refractivity contribution in [3.05, 3.63) is 57.5 Å². The van der Waals surface area contributed by atoms with Gasteiger partial charge in [0, 0.05) is 24.4 Å². The van der Waals surface area contributed by atoms with Crippen molar-refractivity contribution in [2.75, 3.05) is 7.11 Å². The van der Waals surface area contributed by atoms with E-state index in [1.807, 2.05) is 0 Å². The van der Waals surface area contributed by atoms with Gasteiger partial charge in [-0.2, -0.15) is 0 Å². The van der Waals surface area contributed by atoms with Crippen LogP contribution in [0.1, 0.15) is 21.6 Å². The number of aromatic hydroxyl groups is 1. The molecule has 0 atom stereocenters. The Bertz CT molecular complexity index is 714. The number of benzene rings is 1. The first-order valence-corrected chi connectivity index (χ1v) is 6.04. The van der Waals surface area contributed by atoms with Crippen molar-refractivity contribution in [2.45, 2.75) is 6.92 Å². The van der Waals surface area contributed by atoms with E-state index in [1.54, 1.807) is 38.2 Å². The fraction of sp³-hybridized carbons (Fsp3) is 0.200. The maximum Gasteiger partial charge on any atom is 0.265 e. The minimum atomic E-state index is -0.511. The summed E-state index contributed by atoms with van der Waals surface area (Å²) in [4.78, 5) is 24.4. The van der Waals surface area contributed by atoms with E-state index in [2.05, 4.69) is 0 Å². The zero-order chi connectivity index (χ0) is 14.9. The highest BCUT2D eigenvalue weighted by atomic mass is 16.5. The number of aryl methyl sites for hydroxylation is 1. The monoisotopic (exact) mass is 273 g/mol. The number of methoxy groups -OCH3 is 1. The van der Waals surface area contributed by atoms with E-state index in [4.69, 9.17) is 4.74 Å². The number of rotatable bonds is 3. The van der Waals surface area contributed by atoms with Crippen LogP contribution in [0.15, 0.2) is 35.1 Å². The van der Waals surface area contributed by atoms with Gasteiger partial charge in [0.15, 0.2) is 0 Å². The standard InChI is InChI=1S/C15H15NO4/c1-9-8-12(17)13(15(19)16(9)2)14(18)10-4-6-11(20-3)7-5-10/h4-8,17H,1-3H3. The van der Waals surface area contributed by atoms with Crippen LogP contribution in [0.25, 0.3) is 0 Å². The normalized spacial score (nSPS) is 10.3. The fourth-order valence-electron chi connectivity index (χ4n) is 1.90. The summed E-state index contributed by atoms with van der Waals surface area (Å²) in [6, 6.07) is 7.77. The van der Waals surface area contributed by atoms with Crippen molar-refractivity contribution in [3.8, 4) is 11.5 Å². The molecule has 1 aromatic carbocycles. The Morgan fingerprint density at radius 1 is 1.25 bits per heavy atom. The van der Waals surface area contributed by atoms with Crippen LogP contribution in [0.4, 0.5) is 0 Å². The zero-order valence-electron chi connectivity index (χ0n) is 11.5. The first-order valence-electron chi connectivity index (χ1n) is 6.04. The highest BCUT2D eigenvalue weighted by Gasteiger charge is 2.19. The number of nitrogens with zero attached hydrogens (tertiary/aromatic N) is 1. The number of carbonyl (C=O) groups excluding carboxylic acids is 1. The lowest BCUT2D eigenvalue weighted by Crippen LogP contribution is -2.26. The third-order valence-corrected chi connectivity index (χ3v) is 3.23. The second-order valence-electron chi connectivity index (χ2n) is 4.47. The van der Waals surface area contributed by atoms with Gasteiger partial charge in [0.2, 0.25) is 5.78 Å². The van der Waals surface area contributed by atoms with Crippen LogP contribution in [0.3, 0.4) is 0 Å². The first kappa shape index (κ1) is 13.9. The molecule has 1 heterocycles. The molecule has 0 aliphatic rings. The van der Waals surface area contributed by atoms with Gasteiger partial charge >= 0.3 is 0 Å². The van der Waals surface area contributed by atoms with E-state index < -0.39 is 11.3 Å². The lowest BCUT2D eigenvalue weighted by Gasteiger charge is -2.09. The Kier molecular flexibility index (Phi) is 3.61. The molecule has 0 unspecified atom stereocenters. The molecule has 0 aliphatic heterocycles. The van der Waals surface area contributed by atoms with Crippen molar-refractivity contribution in [2.24, 2.45) is 7.05 Å². The number of pyridine rings is 1. The molecule has 0 saturated carbocycles. The van der Waals surface area contributed by atoms with Crippen molar-refractivity contribution in [1.29, 1.82) is 0 Å². The number of hydrogen-bond donors (Lipinski definition) is 1. The van der Waals surface area contributed by atoms with E-state index in [0.717, 1.165) is 0 Å². The van der Waals surface area contributed by atoms with E-state index in [9.17, 15) is 14.7 Å². The topological polar surface area (TPSA) is 68.5 Å². The van der Waals surface area contributed by atoms with Gasteiger partial charge in [-0.1, -0.05) is 0 Å². The van der Waals surface area contributed by atoms with Crippen LogP contribution in [-0.2, 0) is 7.05 Å². The van der Waals surface area contributed by atoms with E-state index >= 15 is 0 Å². The summed E-state index contributed by atoms with van der Waals surface area (Å²) in [5, 5.41) is 9.87. The molecule has 0 saturated heterocycles. The summed E-state index contributed by atoms with van der Waals surface area (Å²) < 4.78 is 6.34. The van der Waals surface area contributed by atoms with E-state index in [0.29, 0.717) is 17.0 Å². The van der Waals surface area contributed by atoms with Gasteiger partial charge in [-0.05, 0) is 31.2 Å². The number of hydrogen-bond acceptors (Lipinski definition) is 4. The number of carbonyl (C=O) groups is 1. The Labute approximate surface area is 116 Å². The number of aromatic nitrogens is 1. The van der Waals surface area contributed by atoms with Crippen LogP contribution < -0.4 is 10.3 Å². The summed E-state index contributed by atoms with van der Waals surface area (Å²) in [6.45, 7) is 1.68. The Balaban J connectivity index is 2.53. The van der Waals surface area contributed by atoms with Gasteiger partial charge < -0.3 is 14.4 Å². The molecule has 5 heteroatoms. The average Bonchev–Trinajstić information content (AvgIpc) is 2.45. The highest BCUT2D eigenvalue weighted by molar-refractivity contribution is 6.10. The van der Waals surface area contributed by atoms with Crippen LogP contribution in [-0.4, -0.2) is 22.6 Å². The quantitative estimate of drug-likeness (QED) is 0.863. The molecule has 0 radical (unpaired) electrons. The Morgan fingerprint density at radius 3 is 2.40 bits per heavy atom. The molecule has 104 valence electrons. The maximum atomic E-state index is 12.3. The number of ether oxygens (including phenoxy) is 1. The minimum Gasteiger partial charge on any atom is -0.507 e. The third kappa shape index (κ3) is 2.30. The lowest BCUT2D eigenvalue weighted by atomic mass is 10.0. The molecular formula is C15H15NO4. The molecular weight excluding hydrogens is 258 g/mol. The SMILES string of the molecule is COc1ccc(C(=O)c2c(O)cc(C)n(C)c2=O)cc1. The van der Waals surface area contributed by atoms with Crippen LogP contribution in [0.2, 0.25) is 0 Å². The average molecular weight is 273 g/mol. The van der Waals surface area contributed by atoms with Crippen molar-refractivity contribution in [1.82, 2.24) is 4.57 Å². The summed E-state index contributed by atoms with van der Waals surface area (Å²) in [6.07, 6.45) is 0. The molecule has 2 aromatic rings. The summed E-state index contributed by atoms with van der Waals surface area (Å²) in [5.41, 5.74) is 0.174. The van der Waals surface area contributed by atoms with E-state index in [-0.39, 0.29) is 11.3 Å². The molecule has 0 spiro atoms. The fourth-order valence-corrected chi connectivity index (χ4v) is 1.90. The zero-order valence-corrected chi connectivity index (χ0v) is 11.5. The molecule has 2 rings (SSSR count). The largest absolute Gasteiger partial charge is 0.507 e. The van der Waals surface area contributed by atoms with Gasteiger partial charge in [0.25, 0.3) is 5.56 Å². The molecule has 0 aliphatic carbocycles. The van der Waals surface area contributed by atoms with Crippen molar-refractivity contribution in [3.63, 3.8) is 0 Å². The summed E-state index contributed by atoms with van der Waals surface area (Å²) in [5.74, 6) is -0.195. The van der Waals surface area contributed by atoms with Gasteiger partial charge in [-0.3, -0.25) is 9.59 Å². The van der Waals surface area contributed by atoms with Gasteiger partial charge in [0.1, 0.15) is 17.1 Å². The third-order valence-electron chi connectivity index (χ3n) is 3.23. The molecule has 0 bridgehead atoms. The second-order valence-corrected chi connectivity index (χ2v) is 4.47. The molecule has 1 N–H and O–H groups in total. The van der Waals surface area contributed by atoms with Crippen molar-refractivity contribution >= 4 is 5.78 Å². The molecule has 0 amide bonds. The number of ketones is 1. The summed E-state index contributed by atoms with van der Waals surface area (Å²) in [7, 11) is 3.08. The predicted octanol–water partition coefficient (Wildman–Crippen LogP) is 1.64. The lowest BCUT2D eigenvalue weighted by molar-refractivity contribution is 0.103. The van der Waals surface area contributed by atoms with Crippen LogP contribution in [0, 0.1) is 6.92 Å². The predicted molar refractivity (Wildman–Crippen MR) is 74.5 cm³/mol. The Morgan fingerprint density at radius 2 is 1.85 bits per heavy atom.